The summed E-state index contributed by atoms with van der Waals surface area (Å²) in [5, 5.41) is 0. The highest BCUT2D eigenvalue weighted by Crippen LogP contribution is 2.43. The number of aryl methyl sites for hydroxylation is 1. The van der Waals surface area contributed by atoms with Crippen LogP contribution in [-0.2, 0) is 14.3 Å². The van der Waals surface area contributed by atoms with Crippen molar-refractivity contribution in [3.05, 3.63) is 65.6 Å². The molecule has 0 amide bonds. The SMILES string of the molecule is Cc1ncc(-c2ccc(N(C)CCOc3ccc(F)cc3F)cn2)c(N2CCC(C)(C)CC2)c1[C@H](OC(C)(C)C)C(=O)OC(C)C. The van der Waals surface area contributed by atoms with Crippen LogP contribution in [0.4, 0.5) is 20.2 Å². The number of ether oxygens (including phenoxy) is 3. The van der Waals surface area contributed by atoms with E-state index in [9.17, 15) is 13.6 Å². The van der Waals surface area contributed by atoms with Crippen LogP contribution in [0, 0.1) is 24.0 Å². The van der Waals surface area contributed by atoms with Crippen LogP contribution in [0.2, 0.25) is 0 Å². The fraction of sp³-hybridized carbons (Fsp3) is 0.528. The Labute approximate surface area is 272 Å². The molecule has 0 unspecified atom stereocenters. The highest BCUT2D eigenvalue weighted by Gasteiger charge is 2.37. The molecule has 3 heterocycles. The molecule has 3 aromatic rings. The third kappa shape index (κ3) is 8.93. The van der Waals surface area contributed by atoms with E-state index in [2.05, 4.69) is 18.7 Å². The zero-order valence-corrected chi connectivity index (χ0v) is 28.6. The second-order valence-electron chi connectivity index (χ2n) is 14.0. The number of hydrogen-bond acceptors (Lipinski definition) is 8. The van der Waals surface area contributed by atoms with E-state index in [0.717, 1.165) is 48.9 Å². The molecule has 0 radical (unpaired) electrons. The topological polar surface area (TPSA) is 77.0 Å². The summed E-state index contributed by atoms with van der Waals surface area (Å²) in [6, 6.07) is 7.15. The Morgan fingerprint density at radius 2 is 1.76 bits per heavy atom. The Bertz CT molecular complexity index is 1500. The quantitative estimate of drug-likeness (QED) is 0.198. The summed E-state index contributed by atoms with van der Waals surface area (Å²) in [5.41, 5.74) is 4.24. The van der Waals surface area contributed by atoms with E-state index in [0.29, 0.717) is 23.5 Å². The molecule has 46 heavy (non-hydrogen) atoms. The first-order chi connectivity index (χ1) is 21.5. The lowest BCUT2D eigenvalue weighted by molar-refractivity contribution is -0.171. The number of hydrogen-bond donors (Lipinski definition) is 0. The molecule has 1 aliphatic rings. The largest absolute Gasteiger partial charge is 0.489 e. The second-order valence-corrected chi connectivity index (χ2v) is 14.0. The number of esters is 1. The minimum absolute atomic E-state index is 0.00518. The predicted octanol–water partition coefficient (Wildman–Crippen LogP) is 7.68. The van der Waals surface area contributed by atoms with Crippen molar-refractivity contribution in [1.29, 1.82) is 0 Å². The fourth-order valence-electron chi connectivity index (χ4n) is 5.44. The standard InChI is InChI=1S/C36H48F2N4O4/c1-23(2)45-34(43)33(46-35(4,5)6)31-24(3)39-22-27(32(31)42-16-14-36(7,8)15-17-42)29-12-11-26(21-40-29)41(9)18-19-44-30-13-10-25(37)20-28(30)38/h10-13,20-23,33H,14-19H2,1-9H3/t33-/m0/s1. The number of piperidine rings is 1. The number of halogens is 2. The molecule has 8 nitrogen and oxygen atoms in total. The van der Waals surface area contributed by atoms with Gasteiger partial charge in [0.2, 0.25) is 0 Å². The van der Waals surface area contributed by atoms with E-state index in [-0.39, 0.29) is 23.9 Å². The first-order valence-electron chi connectivity index (χ1n) is 15.9. The number of anilines is 2. The summed E-state index contributed by atoms with van der Waals surface area (Å²) in [6.45, 7) is 18.2. The molecule has 0 saturated carbocycles. The lowest BCUT2D eigenvalue weighted by atomic mass is 9.82. The van der Waals surface area contributed by atoms with Crippen LogP contribution < -0.4 is 14.5 Å². The summed E-state index contributed by atoms with van der Waals surface area (Å²) in [7, 11) is 1.89. The molecule has 1 fully saturated rings. The Hall–Kier alpha value is -3.79. The van der Waals surface area contributed by atoms with Gasteiger partial charge in [0.05, 0.1) is 41.5 Å². The van der Waals surface area contributed by atoms with Crippen molar-refractivity contribution in [3.8, 4) is 17.0 Å². The predicted molar refractivity (Wildman–Crippen MR) is 177 cm³/mol. The van der Waals surface area contributed by atoms with Gasteiger partial charge in [0, 0.05) is 49.2 Å². The van der Waals surface area contributed by atoms with E-state index in [1.54, 1.807) is 6.20 Å². The summed E-state index contributed by atoms with van der Waals surface area (Å²) < 4.78 is 44.9. The molecule has 1 aliphatic heterocycles. The number of pyridine rings is 2. The molecule has 0 spiro atoms. The maximum absolute atomic E-state index is 14.0. The van der Waals surface area contributed by atoms with Crippen molar-refractivity contribution in [2.75, 3.05) is 43.1 Å². The van der Waals surface area contributed by atoms with Gasteiger partial charge in [-0.05, 0) is 84.1 Å². The van der Waals surface area contributed by atoms with Gasteiger partial charge in [0.1, 0.15) is 12.4 Å². The Morgan fingerprint density at radius 3 is 2.35 bits per heavy atom. The first kappa shape index (κ1) is 35.1. The molecule has 10 heteroatoms. The number of nitrogens with zero attached hydrogens (tertiary/aromatic N) is 4. The highest BCUT2D eigenvalue weighted by atomic mass is 19.1. The Morgan fingerprint density at radius 1 is 1.07 bits per heavy atom. The maximum Gasteiger partial charge on any atom is 0.340 e. The Kier molecular flexibility index (Phi) is 10.9. The van der Waals surface area contributed by atoms with Crippen LogP contribution in [-0.4, -0.2) is 60.9 Å². The minimum Gasteiger partial charge on any atom is -0.489 e. The van der Waals surface area contributed by atoms with Crippen molar-refractivity contribution in [1.82, 2.24) is 9.97 Å². The fourth-order valence-corrected chi connectivity index (χ4v) is 5.44. The van der Waals surface area contributed by atoms with Crippen molar-refractivity contribution in [2.24, 2.45) is 5.41 Å². The van der Waals surface area contributed by atoms with Crippen LogP contribution in [0.25, 0.3) is 11.3 Å². The van der Waals surface area contributed by atoms with E-state index in [4.69, 9.17) is 24.2 Å². The second kappa shape index (κ2) is 14.3. The molecular formula is C36H48F2N4O4. The number of rotatable bonds is 11. The molecule has 1 atom stereocenters. The van der Waals surface area contributed by atoms with E-state index in [1.807, 2.05) is 71.8 Å². The lowest BCUT2D eigenvalue weighted by Gasteiger charge is -2.41. The summed E-state index contributed by atoms with van der Waals surface area (Å²) in [5.74, 6) is -1.83. The number of aromatic nitrogens is 2. The van der Waals surface area contributed by atoms with Gasteiger partial charge in [0.25, 0.3) is 0 Å². The smallest absolute Gasteiger partial charge is 0.340 e. The van der Waals surface area contributed by atoms with Gasteiger partial charge in [-0.3, -0.25) is 9.97 Å². The van der Waals surface area contributed by atoms with Gasteiger partial charge in [-0.25, -0.2) is 13.6 Å². The number of carbonyl (C=O) groups excluding carboxylic acids is 1. The zero-order valence-electron chi connectivity index (χ0n) is 28.6. The van der Waals surface area contributed by atoms with Crippen LogP contribution >= 0.6 is 0 Å². The van der Waals surface area contributed by atoms with E-state index in [1.165, 1.54) is 12.1 Å². The highest BCUT2D eigenvalue weighted by molar-refractivity contribution is 5.86. The molecule has 1 saturated heterocycles. The molecular weight excluding hydrogens is 590 g/mol. The summed E-state index contributed by atoms with van der Waals surface area (Å²) in [6.07, 6.45) is 4.31. The summed E-state index contributed by atoms with van der Waals surface area (Å²) >= 11 is 0. The number of carbonyl (C=O) groups is 1. The van der Waals surface area contributed by atoms with Gasteiger partial charge < -0.3 is 24.0 Å². The van der Waals surface area contributed by atoms with Gasteiger partial charge in [-0.1, -0.05) is 13.8 Å². The monoisotopic (exact) mass is 638 g/mol. The maximum atomic E-state index is 14.0. The van der Waals surface area contributed by atoms with E-state index < -0.39 is 29.3 Å². The van der Waals surface area contributed by atoms with Gasteiger partial charge in [-0.15, -0.1) is 0 Å². The average molecular weight is 639 g/mol. The van der Waals surface area contributed by atoms with Gasteiger partial charge >= 0.3 is 5.97 Å². The third-order valence-corrected chi connectivity index (χ3v) is 8.06. The minimum atomic E-state index is -0.976. The molecule has 0 N–H and O–H groups in total. The Balaban J connectivity index is 1.68. The molecule has 0 bridgehead atoms. The van der Waals surface area contributed by atoms with E-state index >= 15 is 0 Å². The molecule has 4 rings (SSSR count). The first-order valence-corrected chi connectivity index (χ1v) is 15.9. The normalized spacial score (nSPS) is 15.5. The van der Waals surface area contributed by atoms with Gasteiger partial charge in [-0.2, -0.15) is 0 Å². The third-order valence-electron chi connectivity index (χ3n) is 8.06. The number of benzene rings is 1. The van der Waals surface area contributed by atoms with Crippen molar-refractivity contribution in [3.63, 3.8) is 0 Å². The van der Waals surface area contributed by atoms with Crippen LogP contribution in [0.5, 0.6) is 5.75 Å². The number of likely N-dealkylation sites (N-methyl/N-ethyl adjacent to an activating group) is 1. The van der Waals surface area contributed by atoms with Crippen molar-refractivity contribution < 1.29 is 27.8 Å². The van der Waals surface area contributed by atoms with Crippen LogP contribution in [0.1, 0.15) is 78.7 Å². The van der Waals surface area contributed by atoms with Crippen LogP contribution in [0.15, 0.2) is 42.7 Å². The summed E-state index contributed by atoms with van der Waals surface area (Å²) in [4.78, 5) is 27.5. The molecule has 1 aromatic carbocycles. The molecule has 250 valence electrons. The average Bonchev–Trinajstić information content (AvgIpc) is 2.96. The van der Waals surface area contributed by atoms with Crippen molar-refractivity contribution >= 4 is 17.3 Å². The molecule has 0 aliphatic carbocycles. The molecule has 2 aromatic heterocycles. The van der Waals surface area contributed by atoms with Crippen molar-refractivity contribution in [2.45, 2.75) is 86.0 Å². The van der Waals surface area contributed by atoms with Gasteiger partial charge in [0.15, 0.2) is 17.7 Å². The zero-order chi connectivity index (χ0) is 33.8. The lowest BCUT2D eigenvalue weighted by Crippen LogP contribution is -2.39. The van der Waals surface area contributed by atoms with Crippen LogP contribution in [0.3, 0.4) is 0 Å².